The fourth-order valence-electron chi connectivity index (χ4n) is 4.53. The molecule has 8 heteroatoms. The molecule has 0 spiro atoms. The van der Waals surface area contributed by atoms with E-state index >= 15 is 0 Å². The Morgan fingerprint density at radius 2 is 1.83 bits per heavy atom. The van der Waals surface area contributed by atoms with Crippen LogP contribution < -0.4 is 5.32 Å². The molecular weight excluding hydrogens is 458 g/mol. The lowest BCUT2D eigenvalue weighted by atomic mass is 10.1. The number of esters is 1. The van der Waals surface area contributed by atoms with Crippen LogP contribution in [0, 0.1) is 13.8 Å². The number of imide groups is 1. The molecule has 182 valence electrons. The van der Waals surface area contributed by atoms with E-state index in [1.54, 1.807) is 6.08 Å². The highest BCUT2D eigenvalue weighted by atomic mass is 16.5. The molecule has 1 aliphatic rings. The van der Waals surface area contributed by atoms with Crippen LogP contribution in [0.25, 0.3) is 17.0 Å². The molecule has 5 rings (SSSR count). The van der Waals surface area contributed by atoms with E-state index in [1.165, 1.54) is 30.4 Å². The molecule has 0 radical (unpaired) electrons. The molecule has 1 aliphatic heterocycles. The molecule has 1 fully saturated rings. The van der Waals surface area contributed by atoms with Gasteiger partial charge in [0.25, 0.3) is 5.91 Å². The molecule has 2 aromatic heterocycles. The average Bonchev–Trinajstić information content (AvgIpc) is 3.52. The predicted octanol–water partition coefficient (Wildman–Crippen LogP) is 4.78. The summed E-state index contributed by atoms with van der Waals surface area (Å²) >= 11 is 0. The molecule has 2 aromatic carbocycles. The van der Waals surface area contributed by atoms with Crippen molar-refractivity contribution in [3.05, 3.63) is 100 Å². The van der Waals surface area contributed by atoms with Gasteiger partial charge in [-0.3, -0.25) is 9.69 Å². The van der Waals surface area contributed by atoms with E-state index in [2.05, 4.69) is 45.8 Å². The average molecular weight is 484 g/mol. The van der Waals surface area contributed by atoms with Crippen LogP contribution in [0.2, 0.25) is 0 Å². The Morgan fingerprint density at radius 1 is 1.03 bits per heavy atom. The molecular formula is C28H25N3O5. The quantitative estimate of drug-likeness (QED) is 0.242. The number of amides is 3. The number of ether oxygens (including phenoxy) is 1. The lowest BCUT2D eigenvalue weighted by Gasteiger charge is -2.10. The highest BCUT2D eigenvalue weighted by molar-refractivity contribution is 6.14. The van der Waals surface area contributed by atoms with Gasteiger partial charge in [-0.1, -0.05) is 48.0 Å². The number of para-hydroxylation sites is 1. The van der Waals surface area contributed by atoms with Gasteiger partial charge in [-0.15, -0.1) is 0 Å². The maximum atomic E-state index is 13.1. The molecule has 0 saturated carbocycles. The second-order valence-corrected chi connectivity index (χ2v) is 8.73. The summed E-state index contributed by atoms with van der Waals surface area (Å²) in [6.07, 6.45) is 1.73. The molecule has 8 nitrogen and oxygen atoms in total. The number of methoxy groups -OCH3 is 1. The molecule has 3 amide bonds. The van der Waals surface area contributed by atoms with Crippen LogP contribution in [0.15, 0.2) is 70.8 Å². The Labute approximate surface area is 207 Å². The third-order valence-electron chi connectivity index (χ3n) is 6.32. The van der Waals surface area contributed by atoms with Crippen molar-refractivity contribution in [1.29, 1.82) is 0 Å². The maximum Gasteiger partial charge on any atom is 0.373 e. The van der Waals surface area contributed by atoms with Crippen molar-refractivity contribution in [3.8, 4) is 0 Å². The number of aromatic nitrogens is 1. The molecule has 4 aromatic rings. The van der Waals surface area contributed by atoms with Crippen molar-refractivity contribution in [2.75, 3.05) is 7.11 Å². The summed E-state index contributed by atoms with van der Waals surface area (Å²) < 4.78 is 12.3. The van der Waals surface area contributed by atoms with Crippen LogP contribution in [-0.4, -0.2) is 34.5 Å². The fourth-order valence-corrected chi connectivity index (χ4v) is 4.53. The van der Waals surface area contributed by atoms with Crippen molar-refractivity contribution in [3.63, 3.8) is 0 Å². The Kier molecular flexibility index (Phi) is 5.93. The van der Waals surface area contributed by atoms with Crippen LogP contribution in [0.4, 0.5) is 4.79 Å². The fraction of sp³-hybridized carbons (Fsp3) is 0.179. The molecule has 1 N–H and O–H groups in total. The van der Waals surface area contributed by atoms with E-state index in [-0.39, 0.29) is 18.0 Å². The van der Waals surface area contributed by atoms with Crippen molar-refractivity contribution in [1.82, 2.24) is 14.8 Å². The molecule has 3 heterocycles. The molecule has 36 heavy (non-hydrogen) atoms. The summed E-state index contributed by atoms with van der Waals surface area (Å²) in [5, 5.41) is 3.67. The lowest BCUT2D eigenvalue weighted by Crippen LogP contribution is -2.30. The standard InChI is InChI=1S/C28H25N3O5/c1-17-7-6-8-19(13-17)15-30-18(2)22(21-9-4-5-10-24(21)30)14-23-26(32)31(28(34)29-23)16-20-11-12-25(36-20)27(33)35-3/h4-14H,15-16H2,1-3H3,(H,29,34). The van der Waals surface area contributed by atoms with E-state index in [1.807, 2.05) is 31.2 Å². The van der Waals surface area contributed by atoms with Crippen molar-refractivity contribution < 1.29 is 23.5 Å². The first-order valence-corrected chi connectivity index (χ1v) is 11.5. The molecule has 0 aliphatic carbocycles. The van der Waals surface area contributed by atoms with Crippen LogP contribution in [0.5, 0.6) is 0 Å². The Balaban J connectivity index is 1.46. The number of furan rings is 1. The number of aryl methyl sites for hydroxylation is 1. The van der Waals surface area contributed by atoms with Gasteiger partial charge in [0, 0.05) is 28.7 Å². The lowest BCUT2D eigenvalue weighted by molar-refractivity contribution is -0.123. The van der Waals surface area contributed by atoms with E-state index in [0.717, 1.165) is 27.1 Å². The Bertz CT molecular complexity index is 1540. The second kappa shape index (κ2) is 9.22. The van der Waals surface area contributed by atoms with Gasteiger partial charge in [0.1, 0.15) is 11.5 Å². The number of hydrogen-bond donors (Lipinski definition) is 1. The summed E-state index contributed by atoms with van der Waals surface area (Å²) in [6, 6.07) is 18.8. The Morgan fingerprint density at radius 3 is 2.61 bits per heavy atom. The maximum absolute atomic E-state index is 13.1. The summed E-state index contributed by atoms with van der Waals surface area (Å²) in [5.41, 5.74) is 5.45. The third kappa shape index (κ3) is 4.17. The third-order valence-corrected chi connectivity index (χ3v) is 6.32. The largest absolute Gasteiger partial charge is 0.463 e. The zero-order valence-corrected chi connectivity index (χ0v) is 20.2. The number of nitrogens with one attached hydrogen (secondary N) is 1. The minimum Gasteiger partial charge on any atom is -0.463 e. The summed E-state index contributed by atoms with van der Waals surface area (Å²) in [5.74, 6) is -0.791. The van der Waals surface area contributed by atoms with Gasteiger partial charge in [-0.05, 0) is 43.7 Å². The summed E-state index contributed by atoms with van der Waals surface area (Å²) in [6.45, 7) is 4.66. The number of nitrogens with zero attached hydrogens (tertiary/aromatic N) is 2. The van der Waals surface area contributed by atoms with E-state index in [0.29, 0.717) is 12.3 Å². The first kappa shape index (κ1) is 23.2. The van der Waals surface area contributed by atoms with Gasteiger partial charge in [-0.25, -0.2) is 9.59 Å². The number of rotatable bonds is 6. The summed E-state index contributed by atoms with van der Waals surface area (Å²) in [7, 11) is 1.25. The number of hydrogen-bond acceptors (Lipinski definition) is 5. The summed E-state index contributed by atoms with van der Waals surface area (Å²) in [4.78, 5) is 38.4. The number of urea groups is 1. The van der Waals surface area contributed by atoms with Gasteiger partial charge in [0.15, 0.2) is 0 Å². The topological polar surface area (TPSA) is 93.8 Å². The van der Waals surface area contributed by atoms with Crippen LogP contribution >= 0.6 is 0 Å². The normalized spacial score (nSPS) is 14.6. The molecule has 0 bridgehead atoms. The minimum absolute atomic E-state index is 0.00682. The van der Waals surface area contributed by atoms with Gasteiger partial charge < -0.3 is 19.0 Å². The molecule has 0 unspecified atom stereocenters. The number of carbonyl (C=O) groups excluding carboxylic acids is 3. The van der Waals surface area contributed by atoms with Crippen LogP contribution in [0.3, 0.4) is 0 Å². The van der Waals surface area contributed by atoms with E-state index < -0.39 is 17.9 Å². The van der Waals surface area contributed by atoms with Crippen molar-refractivity contribution in [2.24, 2.45) is 0 Å². The van der Waals surface area contributed by atoms with Gasteiger partial charge >= 0.3 is 12.0 Å². The van der Waals surface area contributed by atoms with Gasteiger partial charge in [0.05, 0.1) is 13.7 Å². The SMILES string of the molecule is COC(=O)c1ccc(CN2C(=O)NC(=Cc3c(C)n(Cc4cccc(C)c4)c4ccccc34)C2=O)o1. The highest BCUT2D eigenvalue weighted by Crippen LogP contribution is 2.30. The molecule has 0 atom stereocenters. The van der Waals surface area contributed by atoms with Crippen molar-refractivity contribution in [2.45, 2.75) is 26.9 Å². The van der Waals surface area contributed by atoms with Crippen molar-refractivity contribution >= 4 is 34.9 Å². The van der Waals surface area contributed by atoms with E-state index in [4.69, 9.17) is 4.42 Å². The predicted molar refractivity (Wildman–Crippen MR) is 134 cm³/mol. The first-order chi connectivity index (χ1) is 17.4. The van der Waals surface area contributed by atoms with E-state index in [9.17, 15) is 14.4 Å². The smallest absolute Gasteiger partial charge is 0.373 e. The van der Waals surface area contributed by atoms with Crippen LogP contribution in [0.1, 0.15) is 38.7 Å². The monoisotopic (exact) mass is 483 g/mol. The zero-order chi connectivity index (χ0) is 25.4. The molecule has 1 saturated heterocycles. The van der Waals surface area contributed by atoms with Gasteiger partial charge in [0.2, 0.25) is 5.76 Å². The number of carbonyl (C=O) groups is 3. The minimum atomic E-state index is -0.628. The Hall–Kier alpha value is -4.59. The first-order valence-electron chi connectivity index (χ1n) is 11.5. The second-order valence-electron chi connectivity index (χ2n) is 8.73. The number of fused-ring (bicyclic) bond motifs is 1. The van der Waals surface area contributed by atoms with Gasteiger partial charge in [-0.2, -0.15) is 0 Å². The van der Waals surface area contributed by atoms with Crippen LogP contribution in [-0.2, 0) is 22.6 Å². The zero-order valence-electron chi connectivity index (χ0n) is 20.2. The number of benzene rings is 2. The highest BCUT2D eigenvalue weighted by Gasteiger charge is 2.35.